The molecule has 0 bridgehead atoms. The lowest BCUT2D eigenvalue weighted by Crippen LogP contribution is -2.07. The van der Waals surface area contributed by atoms with Gasteiger partial charge in [0.2, 0.25) is 0 Å². The van der Waals surface area contributed by atoms with Crippen molar-refractivity contribution in [2.24, 2.45) is 0 Å². The topological polar surface area (TPSA) is 37.8 Å². The van der Waals surface area contributed by atoms with Crippen LogP contribution in [0.25, 0.3) is 0 Å². The van der Waals surface area contributed by atoms with Crippen LogP contribution < -0.4 is 5.32 Å². The highest BCUT2D eigenvalue weighted by Crippen LogP contribution is 2.01. The summed E-state index contributed by atoms with van der Waals surface area (Å²) < 4.78 is 0. The number of nitrogens with zero attached hydrogens (tertiary/aromatic N) is 2. The van der Waals surface area contributed by atoms with Gasteiger partial charge < -0.3 is 5.32 Å². The lowest BCUT2D eigenvalue weighted by atomic mass is 10.3. The first-order valence-corrected chi connectivity index (χ1v) is 4.36. The molecule has 0 aromatic carbocycles. The molecule has 1 N–H and O–H groups in total. The summed E-state index contributed by atoms with van der Waals surface area (Å²) in [6.07, 6.45) is 5.93. The largest absolute Gasteiger partial charge is 0.369 e. The zero-order valence-corrected chi connectivity index (χ0v) is 7.75. The maximum Gasteiger partial charge on any atom is 0.144 e. The number of aromatic nitrogens is 2. The smallest absolute Gasteiger partial charge is 0.144 e. The van der Waals surface area contributed by atoms with Crippen LogP contribution in [0.4, 0.5) is 5.82 Å². The van der Waals surface area contributed by atoms with Crippen molar-refractivity contribution in [2.45, 2.75) is 18.7 Å². The number of anilines is 1. The SMILES string of the molecule is CC(Cl)CCNc1cnccn1. The van der Waals surface area contributed by atoms with Gasteiger partial charge >= 0.3 is 0 Å². The van der Waals surface area contributed by atoms with E-state index in [1.165, 1.54) is 0 Å². The van der Waals surface area contributed by atoms with Gasteiger partial charge in [-0.25, -0.2) is 4.98 Å². The maximum atomic E-state index is 5.77. The minimum atomic E-state index is 0.203. The molecule has 1 atom stereocenters. The van der Waals surface area contributed by atoms with Crippen LogP contribution in [0.2, 0.25) is 0 Å². The molecule has 0 amide bonds. The monoisotopic (exact) mass is 185 g/mol. The molecule has 1 unspecified atom stereocenters. The predicted octanol–water partition coefficient (Wildman–Crippen LogP) is 1.91. The molecule has 66 valence electrons. The van der Waals surface area contributed by atoms with Crippen LogP contribution in [0, 0.1) is 0 Å². The van der Waals surface area contributed by atoms with E-state index in [4.69, 9.17) is 11.6 Å². The minimum Gasteiger partial charge on any atom is -0.369 e. The summed E-state index contributed by atoms with van der Waals surface area (Å²) >= 11 is 5.77. The second-order valence-electron chi connectivity index (χ2n) is 2.59. The molecular weight excluding hydrogens is 174 g/mol. The van der Waals surface area contributed by atoms with Gasteiger partial charge in [0.25, 0.3) is 0 Å². The van der Waals surface area contributed by atoms with Crippen LogP contribution in [0.5, 0.6) is 0 Å². The Labute approximate surface area is 77.2 Å². The van der Waals surface area contributed by atoms with Gasteiger partial charge in [0.05, 0.1) is 6.20 Å². The highest BCUT2D eigenvalue weighted by Gasteiger charge is 1.95. The molecule has 12 heavy (non-hydrogen) atoms. The van der Waals surface area contributed by atoms with E-state index in [2.05, 4.69) is 15.3 Å². The number of halogens is 1. The van der Waals surface area contributed by atoms with Crippen molar-refractivity contribution in [3.05, 3.63) is 18.6 Å². The average Bonchev–Trinajstić information content (AvgIpc) is 2.05. The zero-order chi connectivity index (χ0) is 8.81. The van der Waals surface area contributed by atoms with Gasteiger partial charge in [-0.3, -0.25) is 4.98 Å². The predicted molar refractivity (Wildman–Crippen MR) is 50.5 cm³/mol. The standard InChI is InChI=1S/C8H12ClN3/c1-7(9)2-3-11-8-6-10-4-5-12-8/h4-7H,2-3H2,1H3,(H,11,12). The van der Waals surface area contributed by atoms with Crippen LogP contribution in [0.3, 0.4) is 0 Å². The Kier molecular flexibility index (Phi) is 3.80. The van der Waals surface area contributed by atoms with Crippen molar-refractivity contribution < 1.29 is 0 Å². The van der Waals surface area contributed by atoms with E-state index >= 15 is 0 Å². The number of rotatable bonds is 4. The second-order valence-corrected chi connectivity index (χ2v) is 3.33. The normalized spacial score (nSPS) is 12.5. The third-order valence-corrected chi connectivity index (χ3v) is 1.63. The minimum absolute atomic E-state index is 0.203. The van der Waals surface area contributed by atoms with Crippen molar-refractivity contribution in [3.63, 3.8) is 0 Å². The molecule has 0 saturated carbocycles. The summed E-state index contributed by atoms with van der Waals surface area (Å²) in [4.78, 5) is 7.98. The van der Waals surface area contributed by atoms with Gasteiger partial charge in [-0.1, -0.05) is 0 Å². The molecule has 4 heteroatoms. The Morgan fingerprint density at radius 3 is 3.00 bits per heavy atom. The fourth-order valence-electron chi connectivity index (χ4n) is 0.790. The molecule has 0 aliphatic carbocycles. The number of hydrogen-bond acceptors (Lipinski definition) is 3. The van der Waals surface area contributed by atoms with Crippen molar-refractivity contribution >= 4 is 17.4 Å². The first kappa shape index (κ1) is 9.26. The van der Waals surface area contributed by atoms with E-state index in [-0.39, 0.29) is 5.38 Å². The average molecular weight is 186 g/mol. The van der Waals surface area contributed by atoms with Crippen LogP contribution in [-0.2, 0) is 0 Å². The van der Waals surface area contributed by atoms with Crippen LogP contribution in [-0.4, -0.2) is 21.9 Å². The second kappa shape index (κ2) is 4.93. The molecule has 0 saturated heterocycles. The number of nitrogens with one attached hydrogen (secondary N) is 1. The van der Waals surface area contributed by atoms with Gasteiger partial charge in [0, 0.05) is 24.3 Å². The summed E-state index contributed by atoms with van der Waals surface area (Å²) in [5.74, 6) is 0.801. The van der Waals surface area contributed by atoms with Crippen LogP contribution in [0.1, 0.15) is 13.3 Å². The molecule has 3 nitrogen and oxygen atoms in total. The summed E-state index contributed by atoms with van der Waals surface area (Å²) in [7, 11) is 0. The third kappa shape index (κ3) is 3.53. The summed E-state index contributed by atoms with van der Waals surface area (Å²) in [6.45, 7) is 2.81. The number of hydrogen-bond donors (Lipinski definition) is 1. The fraction of sp³-hybridized carbons (Fsp3) is 0.500. The van der Waals surface area contributed by atoms with Crippen LogP contribution in [0.15, 0.2) is 18.6 Å². The van der Waals surface area contributed by atoms with Gasteiger partial charge in [-0.2, -0.15) is 0 Å². The lowest BCUT2D eigenvalue weighted by molar-refractivity contribution is 0.838. The molecule has 1 aromatic heterocycles. The quantitative estimate of drug-likeness (QED) is 0.729. The van der Waals surface area contributed by atoms with Gasteiger partial charge in [0.1, 0.15) is 5.82 Å². The van der Waals surface area contributed by atoms with Crippen LogP contribution >= 0.6 is 11.6 Å². The van der Waals surface area contributed by atoms with Gasteiger partial charge in [-0.15, -0.1) is 11.6 Å². The third-order valence-electron chi connectivity index (χ3n) is 1.41. The summed E-state index contributed by atoms with van der Waals surface area (Å²) in [5.41, 5.74) is 0. The molecular formula is C8H12ClN3. The van der Waals surface area contributed by atoms with Crippen molar-refractivity contribution in [1.29, 1.82) is 0 Å². The highest BCUT2D eigenvalue weighted by molar-refractivity contribution is 6.20. The summed E-state index contributed by atoms with van der Waals surface area (Å²) in [5, 5.41) is 3.32. The molecule has 0 fully saturated rings. The molecule has 0 radical (unpaired) electrons. The Morgan fingerprint density at radius 1 is 1.58 bits per heavy atom. The van der Waals surface area contributed by atoms with E-state index < -0.39 is 0 Å². The van der Waals surface area contributed by atoms with E-state index in [0.29, 0.717) is 0 Å². The Morgan fingerprint density at radius 2 is 2.42 bits per heavy atom. The highest BCUT2D eigenvalue weighted by atomic mass is 35.5. The lowest BCUT2D eigenvalue weighted by Gasteiger charge is -2.04. The first-order valence-electron chi connectivity index (χ1n) is 3.93. The fourth-order valence-corrected chi connectivity index (χ4v) is 0.899. The van der Waals surface area contributed by atoms with E-state index in [1.54, 1.807) is 18.6 Å². The first-order chi connectivity index (χ1) is 5.79. The van der Waals surface area contributed by atoms with Crippen molar-refractivity contribution in [1.82, 2.24) is 9.97 Å². The molecule has 1 aromatic rings. The van der Waals surface area contributed by atoms with Gasteiger partial charge in [-0.05, 0) is 13.3 Å². The Balaban J connectivity index is 2.25. The van der Waals surface area contributed by atoms with Crippen molar-refractivity contribution in [3.8, 4) is 0 Å². The Hall–Kier alpha value is -0.830. The molecule has 1 rings (SSSR count). The van der Waals surface area contributed by atoms with Crippen molar-refractivity contribution in [2.75, 3.05) is 11.9 Å². The zero-order valence-electron chi connectivity index (χ0n) is 7.00. The molecule has 0 aliphatic heterocycles. The molecule has 0 aliphatic rings. The number of alkyl halides is 1. The summed E-state index contributed by atoms with van der Waals surface area (Å²) in [6, 6.07) is 0. The molecule has 1 heterocycles. The maximum absolute atomic E-state index is 5.77. The van der Waals surface area contributed by atoms with E-state index in [9.17, 15) is 0 Å². The van der Waals surface area contributed by atoms with E-state index in [1.807, 2.05) is 6.92 Å². The van der Waals surface area contributed by atoms with Gasteiger partial charge in [0.15, 0.2) is 0 Å². The Bertz CT molecular complexity index is 213. The molecule has 0 spiro atoms. The van der Waals surface area contributed by atoms with E-state index in [0.717, 1.165) is 18.8 Å².